The number of nitrogens with one attached hydrogen (secondary N) is 1. The minimum Gasteiger partial charge on any atom is -0.354 e. The highest BCUT2D eigenvalue weighted by Crippen LogP contribution is 2.34. The summed E-state index contributed by atoms with van der Waals surface area (Å²) in [4.78, 5) is 3.69. The Hall–Kier alpha value is -2.06. The fourth-order valence-corrected chi connectivity index (χ4v) is 3.21. The van der Waals surface area contributed by atoms with E-state index in [9.17, 15) is 0 Å². The summed E-state index contributed by atoms with van der Waals surface area (Å²) in [5.41, 5.74) is 13.6. The second-order valence-electron chi connectivity index (χ2n) is 6.04. The molecule has 0 bridgehead atoms. The van der Waals surface area contributed by atoms with E-state index in [1.165, 1.54) is 38.9 Å². The SMILES string of the molecule is Cc1ccccc1-c1[nH]c2c(C)cccc2c1CCCCN. The van der Waals surface area contributed by atoms with E-state index in [1.54, 1.807) is 0 Å². The molecule has 3 N–H and O–H groups in total. The Balaban J connectivity index is 2.17. The molecular formula is C20H24N2. The molecule has 3 aromatic rings. The largest absolute Gasteiger partial charge is 0.354 e. The fourth-order valence-electron chi connectivity index (χ4n) is 3.21. The molecule has 0 spiro atoms. The van der Waals surface area contributed by atoms with Crippen molar-refractivity contribution < 1.29 is 0 Å². The highest BCUT2D eigenvalue weighted by atomic mass is 14.7. The molecule has 2 heteroatoms. The summed E-state index contributed by atoms with van der Waals surface area (Å²) >= 11 is 0. The maximum absolute atomic E-state index is 5.67. The van der Waals surface area contributed by atoms with E-state index in [1.807, 2.05) is 0 Å². The van der Waals surface area contributed by atoms with Gasteiger partial charge < -0.3 is 10.7 Å². The smallest absolute Gasteiger partial charge is 0.0500 e. The van der Waals surface area contributed by atoms with Crippen molar-refractivity contribution in [3.63, 3.8) is 0 Å². The minimum atomic E-state index is 0.765. The molecule has 1 aromatic heterocycles. The first kappa shape index (κ1) is 14.9. The topological polar surface area (TPSA) is 41.8 Å². The summed E-state index contributed by atoms with van der Waals surface area (Å²) < 4.78 is 0. The first-order chi connectivity index (χ1) is 10.7. The highest BCUT2D eigenvalue weighted by molar-refractivity contribution is 5.93. The Morgan fingerprint density at radius 2 is 1.68 bits per heavy atom. The molecule has 2 aromatic carbocycles. The van der Waals surface area contributed by atoms with E-state index in [0.29, 0.717) is 0 Å². The predicted octanol–water partition coefficient (Wildman–Crippen LogP) is 4.73. The number of para-hydroxylation sites is 1. The van der Waals surface area contributed by atoms with Gasteiger partial charge in [-0.05, 0) is 56.3 Å². The first-order valence-electron chi connectivity index (χ1n) is 8.08. The third kappa shape index (κ3) is 2.67. The molecule has 1 heterocycles. The van der Waals surface area contributed by atoms with Crippen LogP contribution in [0.2, 0.25) is 0 Å². The molecule has 0 aliphatic heterocycles. The third-order valence-corrected chi connectivity index (χ3v) is 4.44. The molecule has 2 nitrogen and oxygen atoms in total. The Morgan fingerprint density at radius 1 is 0.909 bits per heavy atom. The van der Waals surface area contributed by atoms with Crippen LogP contribution in [0, 0.1) is 13.8 Å². The van der Waals surface area contributed by atoms with Gasteiger partial charge in [-0.3, -0.25) is 0 Å². The van der Waals surface area contributed by atoms with Gasteiger partial charge in [-0.2, -0.15) is 0 Å². The quantitative estimate of drug-likeness (QED) is 0.656. The van der Waals surface area contributed by atoms with Gasteiger partial charge in [-0.1, -0.05) is 42.5 Å². The monoisotopic (exact) mass is 292 g/mol. The average molecular weight is 292 g/mol. The number of H-pyrrole nitrogens is 1. The number of hydrogen-bond donors (Lipinski definition) is 2. The number of benzene rings is 2. The zero-order valence-electron chi connectivity index (χ0n) is 13.4. The number of fused-ring (bicyclic) bond motifs is 1. The van der Waals surface area contributed by atoms with Gasteiger partial charge in [-0.15, -0.1) is 0 Å². The zero-order valence-corrected chi connectivity index (χ0v) is 13.4. The molecule has 114 valence electrons. The molecule has 0 radical (unpaired) electrons. The summed E-state index contributed by atoms with van der Waals surface area (Å²) in [6.07, 6.45) is 3.28. The lowest BCUT2D eigenvalue weighted by Gasteiger charge is -2.08. The lowest BCUT2D eigenvalue weighted by molar-refractivity contribution is 0.748. The molecule has 0 unspecified atom stereocenters. The van der Waals surface area contributed by atoms with Crippen LogP contribution in [0.4, 0.5) is 0 Å². The standard InChI is InChI=1S/C20H24N2/c1-14-8-3-4-10-16(14)20-18(11-5-6-13-21)17-12-7-9-15(2)19(17)22-20/h3-4,7-10,12,22H,5-6,11,13,21H2,1-2H3. The second kappa shape index (κ2) is 6.37. The molecule has 0 saturated carbocycles. The first-order valence-corrected chi connectivity index (χ1v) is 8.08. The lowest BCUT2D eigenvalue weighted by Crippen LogP contribution is -1.99. The lowest BCUT2D eigenvalue weighted by atomic mass is 9.97. The van der Waals surface area contributed by atoms with Gasteiger partial charge in [0.15, 0.2) is 0 Å². The van der Waals surface area contributed by atoms with E-state index in [4.69, 9.17) is 5.73 Å². The van der Waals surface area contributed by atoms with Crippen molar-refractivity contribution in [3.05, 3.63) is 59.2 Å². The number of unbranched alkanes of at least 4 members (excludes halogenated alkanes) is 1. The Labute approximate surface area is 132 Å². The Bertz CT molecular complexity index is 784. The van der Waals surface area contributed by atoms with E-state index >= 15 is 0 Å². The highest BCUT2D eigenvalue weighted by Gasteiger charge is 2.15. The van der Waals surface area contributed by atoms with Gasteiger partial charge in [0.1, 0.15) is 0 Å². The van der Waals surface area contributed by atoms with Crippen LogP contribution in [0.25, 0.3) is 22.2 Å². The summed E-state index contributed by atoms with van der Waals surface area (Å²) in [6.45, 7) is 5.11. The number of nitrogens with two attached hydrogens (primary N) is 1. The predicted molar refractivity (Wildman–Crippen MR) is 95.2 cm³/mol. The van der Waals surface area contributed by atoms with Gasteiger partial charge >= 0.3 is 0 Å². The Morgan fingerprint density at radius 3 is 2.45 bits per heavy atom. The number of aromatic amines is 1. The van der Waals surface area contributed by atoms with E-state index in [0.717, 1.165) is 25.8 Å². The summed E-state index contributed by atoms with van der Waals surface area (Å²) in [7, 11) is 0. The molecule has 0 atom stereocenters. The normalized spacial score (nSPS) is 11.2. The van der Waals surface area contributed by atoms with Crippen LogP contribution in [0.3, 0.4) is 0 Å². The molecule has 0 amide bonds. The summed E-state index contributed by atoms with van der Waals surface area (Å²) in [6, 6.07) is 15.2. The zero-order chi connectivity index (χ0) is 15.5. The summed E-state index contributed by atoms with van der Waals surface area (Å²) in [5, 5.41) is 1.36. The van der Waals surface area contributed by atoms with Crippen LogP contribution in [0.1, 0.15) is 29.5 Å². The van der Waals surface area contributed by atoms with Crippen molar-refractivity contribution in [1.82, 2.24) is 4.98 Å². The maximum Gasteiger partial charge on any atom is 0.0500 e. The van der Waals surface area contributed by atoms with Crippen molar-refractivity contribution in [2.24, 2.45) is 5.73 Å². The third-order valence-electron chi connectivity index (χ3n) is 4.44. The molecule has 0 fully saturated rings. The van der Waals surface area contributed by atoms with Crippen LogP contribution in [-0.2, 0) is 6.42 Å². The van der Waals surface area contributed by atoms with E-state index < -0.39 is 0 Å². The van der Waals surface area contributed by atoms with Crippen molar-refractivity contribution in [3.8, 4) is 11.3 Å². The fraction of sp³-hybridized carbons (Fsp3) is 0.300. The number of hydrogen-bond acceptors (Lipinski definition) is 1. The number of aromatic nitrogens is 1. The van der Waals surface area contributed by atoms with Crippen molar-refractivity contribution in [2.45, 2.75) is 33.1 Å². The molecular weight excluding hydrogens is 268 g/mol. The van der Waals surface area contributed by atoms with Gasteiger partial charge in [0.05, 0.1) is 0 Å². The van der Waals surface area contributed by atoms with Crippen molar-refractivity contribution in [1.29, 1.82) is 0 Å². The summed E-state index contributed by atoms with van der Waals surface area (Å²) in [5.74, 6) is 0. The van der Waals surface area contributed by atoms with Crippen molar-refractivity contribution in [2.75, 3.05) is 6.54 Å². The van der Waals surface area contributed by atoms with Gasteiger partial charge in [-0.25, -0.2) is 0 Å². The number of rotatable bonds is 5. The molecule has 3 rings (SSSR count). The van der Waals surface area contributed by atoms with Gasteiger partial charge in [0, 0.05) is 22.2 Å². The Kier molecular flexibility index (Phi) is 4.30. The molecule has 22 heavy (non-hydrogen) atoms. The maximum atomic E-state index is 5.67. The molecule has 0 aliphatic rings. The van der Waals surface area contributed by atoms with Crippen molar-refractivity contribution >= 4 is 10.9 Å². The molecule has 0 aliphatic carbocycles. The van der Waals surface area contributed by atoms with Crippen LogP contribution in [-0.4, -0.2) is 11.5 Å². The minimum absolute atomic E-state index is 0.765. The van der Waals surface area contributed by atoms with Gasteiger partial charge in [0.2, 0.25) is 0 Å². The van der Waals surface area contributed by atoms with Crippen LogP contribution >= 0.6 is 0 Å². The molecule has 0 saturated heterocycles. The van der Waals surface area contributed by atoms with E-state index in [2.05, 4.69) is 61.3 Å². The van der Waals surface area contributed by atoms with Crippen LogP contribution < -0.4 is 5.73 Å². The number of aryl methyl sites for hydroxylation is 3. The van der Waals surface area contributed by atoms with Crippen LogP contribution in [0.5, 0.6) is 0 Å². The van der Waals surface area contributed by atoms with Crippen LogP contribution in [0.15, 0.2) is 42.5 Å². The van der Waals surface area contributed by atoms with E-state index in [-0.39, 0.29) is 0 Å². The second-order valence-corrected chi connectivity index (χ2v) is 6.04. The van der Waals surface area contributed by atoms with Gasteiger partial charge in [0.25, 0.3) is 0 Å². The average Bonchev–Trinajstić information content (AvgIpc) is 2.88.